The largest absolute Gasteiger partial charge is 0.479 e. The minimum Gasteiger partial charge on any atom is -0.479 e. The number of carboxylic acid groups (broad SMARTS) is 1. The fraction of sp³-hybridized carbons (Fsp3) is 0.609. The van der Waals surface area contributed by atoms with Crippen LogP contribution in [0.2, 0.25) is 0 Å². The third-order valence-electron chi connectivity index (χ3n) is 23.6. The van der Waals surface area contributed by atoms with Crippen molar-refractivity contribution in [2.24, 2.45) is 41.4 Å². The Balaban J connectivity index is 0.888. The summed E-state index contributed by atoms with van der Waals surface area (Å²) in [5, 5.41) is 55.8. The van der Waals surface area contributed by atoms with Gasteiger partial charge in [0, 0.05) is 59.3 Å². The Kier molecular flexibility index (Phi) is 34.5. The van der Waals surface area contributed by atoms with Crippen molar-refractivity contribution in [2.45, 2.75) is 251 Å². The molecule has 0 aromatic heterocycles. The van der Waals surface area contributed by atoms with E-state index in [1.807, 2.05) is 83.1 Å². The predicted molar refractivity (Wildman–Crippen MR) is 434 cm³/mol. The highest BCUT2D eigenvalue weighted by molar-refractivity contribution is 5.98. The molecule has 3 saturated heterocycles. The van der Waals surface area contributed by atoms with Crippen molar-refractivity contribution in [3.8, 4) is 11.1 Å². The van der Waals surface area contributed by atoms with Gasteiger partial charge in [0.25, 0.3) is 0 Å². The second-order valence-electron chi connectivity index (χ2n) is 32.7. The number of ether oxygens (including phenoxy) is 9. The molecular weight excluding hydrogens is 1520 g/mol. The summed E-state index contributed by atoms with van der Waals surface area (Å²) >= 11 is 0. The smallest absolute Gasteiger partial charge is 0.410 e. The van der Waals surface area contributed by atoms with Gasteiger partial charge in [0.2, 0.25) is 35.4 Å². The molecule has 118 heavy (non-hydrogen) atoms. The van der Waals surface area contributed by atoms with Gasteiger partial charge in [0.1, 0.15) is 61.8 Å². The van der Waals surface area contributed by atoms with Crippen LogP contribution in [0.5, 0.6) is 0 Å². The number of likely N-dealkylation sites (N-methyl/N-ethyl adjacent to an activating group) is 2. The van der Waals surface area contributed by atoms with Gasteiger partial charge in [-0.25, -0.2) is 14.4 Å². The number of hydrogen-bond donors (Lipinski definition) is 9. The zero-order valence-corrected chi connectivity index (χ0v) is 71.1. The first kappa shape index (κ1) is 94.3. The Morgan fingerprint density at radius 1 is 0.644 bits per heavy atom. The average Bonchev–Trinajstić information content (AvgIpc) is 1.58. The van der Waals surface area contributed by atoms with E-state index in [9.17, 15) is 63.6 Å². The summed E-state index contributed by atoms with van der Waals surface area (Å²) in [5.74, 6) is -8.62. The molecule has 0 radical (unpaired) electrons. The molecular formula is C87H124N8O23. The number of benzene rings is 4. The Morgan fingerprint density at radius 2 is 1.26 bits per heavy atom. The molecule has 4 aromatic carbocycles. The van der Waals surface area contributed by atoms with Crippen molar-refractivity contribution < 1.29 is 111 Å². The summed E-state index contributed by atoms with van der Waals surface area (Å²) in [4.78, 5) is 144. The molecule has 4 aromatic rings. The number of fused-ring (bicyclic) bond motifs is 3. The first-order valence-electron chi connectivity index (χ1n) is 41.0. The van der Waals surface area contributed by atoms with E-state index in [0.29, 0.717) is 43.4 Å². The Labute approximate surface area is 691 Å². The topological polar surface area (TPSA) is 405 Å². The third-order valence-corrected chi connectivity index (χ3v) is 23.6. The van der Waals surface area contributed by atoms with Crippen LogP contribution in [0.1, 0.15) is 163 Å². The maximum atomic E-state index is 15.1. The number of carbonyl (C=O) groups excluding carboxylic acids is 9. The maximum Gasteiger partial charge on any atom is 0.410 e. The van der Waals surface area contributed by atoms with Crippen LogP contribution in [0, 0.1) is 41.4 Å². The molecule has 650 valence electrons. The molecule has 8 rings (SSSR count). The van der Waals surface area contributed by atoms with Crippen molar-refractivity contribution >= 4 is 65.3 Å². The average molecular weight is 1650 g/mol. The molecule has 3 heterocycles. The zero-order valence-electron chi connectivity index (χ0n) is 71.1. The second-order valence-corrected chi connectivity index (χ2v) is 32.7. The minimum absolute atomic E-state index is 0.00689. The van der Waals surface area contributed by atoms with E-state index in [2.05, 4.69) is 26.6 Å². The number of aliphatic hydroxyl groups is 3. The molecule has 1 aliphatic carbocycles. The van der Waals surface area contributed by atoms with Crippen LogP contribution < -0.4 is 26.6 Å². The van der Waals surface area contributed by atoms with Gasteiger partial charge in [0.15, 0.2) is 24.8 Å². The molecule has 3 aliphatic heterocycles. The molecule has 3 fully saturated rings. The first-order valence-corrected chi connectivity index (χ1v) is 41.0. The van der Waals surface area contributed by atoms with Crippen molar-refractivity contribution in [3.63, 3.8) is 0 Å². The summed E-state index contributed by atoms with van der Waals surface area (Å²) in [7, 11) is 5.93. The molecule has 9 N–H and O–H groups in total. The first-order chi connectivity index (χ1) is 56.0. The van der Waals surface area contributed by atoms with Gasteiger partial charge in [-0.1, -0.05) is 181 Å². The van der Waals surface area contributed by atoms with Crippen molar-refractivity contribution in [3.05, 3.63) is 125 Å². The number of likely N-dealkylation sites (tertiary alicyclic amines) is 1. The number of aliphatic hydroxyl groups excluding tert-OH is 3. The number of nitrogens with one attached hydrogen (secondary N) is 5. The van der Waals surface area contributed by atoms with Crippen LogP contribution >= 0.6 is 0 Å². The van der Waals surface area contributed by atoms with Gasteiger partial charge < -0.3 is 99.4 Å². The molecule has 8 amide bonds. The minimum atomic E-state index is -1.95. The van der Waals surface area contributed by atoms with Crippen molar-refractivity contribution in [1.29, 1.82) is 0 Å². The molecule has 22 atom stereocenters. The van der Waals surface area contributed by atoms with E-state index in [1.165, 1.54) is 33.1 Å². The van der Waals surface area contributed by atoms with Gasteiger partial charge in [-0.3, -0.25) is 38.5 Å². The van der Waals surface area contributed by atoms with Gasteiger partial charge in [-0.05, 0) is 101 Å². The summed E-state index contributed by atoms with van der Waals surface area (Å²) < 4.78 is 53.8. The van der Waals surface area contributed by atoms with Crippen LogP contribution in [0.3, 0.4) is 0 Å². The summed E-state index contributed by atoms with van der Waals surface area (Å²) in [6.07, 6.45) is -14.1. The maximum absolute atomic E-state index is 15.1. The normalized spacial score (nSPS) is 23.9. The lowest BCUT2D eigenvalue weighted by atomic mass is 9.82. The quantitative estimate of drug-likeness (QED) is 0.0152. The highest BCUT2D eigenvalue weighted by atomic mass is 16.7. The number of amides is 8. The second kappa shape index (κ2) is 43.2. The molecule has 31 heteroatoms. The van der Waals surface area contributed by atoms with Crippen LogP contribution in [-0.4, -0.2) is 246 Å². The molecule has 31 nitrogen and oxygen atoms in total. The molecule has 0 bridgehead atoms. The van der Waals surface area contributed by atoms with E-state index < -0.39 is 188 Å². The van der Waals surface area contributed by atoms with Crippen LogP contribution in [0.15, 0.2) is 103 Å². The van der Waals surface area contributed by atoms with Gasteiger partial charge >= 0.3 is 24.1 Å². The number of carboxylic acids is 1. The zero-order chi connectivity index (χ0) is 86.8. The molecule has 4 aliphatic rings. The Hall–Kier alpha value is -9.18. The highest BCUT2D eigenvalue weighted by Crippen LogP contribution is 2.45. The standard InChI is InChI=1S/C87H124N8O23/c1-19-48(9)70(65(110-17)41-66(97)95-40-28-35-63(95)74(111-18)51(12)78(101)88-52(13)76(55-29-22-21-23-30-55)117-84-73(100)71(98)72(99)77(118-84)83(106)107)93(15)82(105)68(46(5)6)91-81(104)69(47(7)8)94(16)87(109)114-42-54-36-38-56(39-37-54)89-79(102)62(44-112-85-75(115-53(14)96)50(11)49(10)64(20-2)116-85)90-80(103)67(45(3)4)92-86(108)113-43-61-59-33-26-24-31-57(59)58-32-25-27-34-60(58)61/h21-27,29-34,36-39,45-52,61-65,67-77,84-85,98-100H,19-20,28,35,40-44H2,1-18H3,(H,88,101)(H,89,102)(H,90,103)(H,91,104)(H,92,108)(H,106,107). The number of alkyl carbamates (subject to hydrolysis) is 1. The lowest BCUT2D eigenvalue weighted by Crippen LogP contribution is -2.61. The Morgan fingerprint density at radius 3 is 1.83 bits per heavy atom. The van der Waals surface area contributed by atoms with Crippen LogP contribution in [0.4, 0.5) is 15.3 Å². The van der Waals surface area contributed by atoms with Gasteiger partial charge in [-0.2, -0.15) is 0 Å². The third kappa shape index (κ3) is 23.0. The number of anilines is 1. The number of nitrogens with zero attached hydrogens (tertiary/aromatic N) is 3. The summed E-state index contributed by atoms with van der Waals surface area (Å²) in [6, 6.07) is 23.6. The van der Waals surface area contributed by atoms with Gasteiger partial charge in [0.05, 0.1) is 55.4 Å². The van der Waals surface area contributed by atoms with E-state index in [4.69, 9.17) is 42.6 Å². The number of hydrogen-bond acceptors (Lipinski definition) is 22. The monoisotopic (exact) mass is 1650 g/mol. The van der Waals surface area contributed by atoms with E-state index in [-0.39, 0.29) is 61.0 Å². The number of methoxy groups -OCH3 is 2. The lowest BCUT2D eigenvalue weighted by molar-refractivity contribution is -0.307. The molecule has 0 spiro atoms. The Bertz CT molecular complexity index is 4000. The van der Waals surface area contributed by atoms with Crippen LogP contribution in [-0.2, 0) is 87.6 Å². The SMILES string of the molecule is CCC(C)C(C(CC(=O)N1CCCC1C(OC)C(C)C(=O)NC(C)C(OC1OC(C(=O)O)C(O)C(O)C1O)c1ccccc1)OC)N(C)C(=O)C(NC(=O)C(C(C)C)N(C)C(=O)OCc1ccc(NC(=O)C(COC2OC(CC)C(C)C(C)C2OC(C)=O)NC(=O)C(NC(=O)OCC2c3ccccc3-c3ccccc32)C(C)C)cc1)C(C)C. The summed E-state index contributed by atoms with van der Waals surface area (Å²) in [6.45, 7) is 24.4. The predicted octanol–water partition coefficient (Wildman–Crippen LogP) is 7.84. The lowest BCUT2D eigenvalue weighted by Gasteiger charge is -2.43. The number of esters is 1. The molecule has 0 saturated carbocycles. The van der Waals surface area contributed by atoms with E-state index in [0.717, 1.165) is 27.2 Å². The number of rotatable bonds is 38. The van der Waals surface area contributed by atoms with E-state index >= 15 is 4.79 Å². The van der Waals surface area contributed by atoms with Gasteiger partial charge in [-0.15, -0.1) is 0 Å². The number of carbonyl (C=O) groups is 10. The fourth-order valence-corrected chi connectivity index (χ4v) is 16.5. The summed E-state index contributed by atoms with van der Waals surface area (Å²) in [5.41, 5.74) is 5.37. The van der Waals surface area contributed by atoms with Crippen LogP contribution in [0.25, 0.3) is 11.1 Å². The highest BCUT2D eigenvalue weighted by Gasteiger charge is 2.51. The van der Waals surface area contributed by atoms with E-state index in [1.54, 1.807) is 122 Å². The van der Waals surface area contributed by atoms with Crippen molar-refractivity contribution in [1.82, 2.24) is 36.0 Å². The van der Waals surface area contributed by atoms with Crippen molar-refractivity contribution in [2.75, 3.05) is 53.4 Å². The number of aliphatic carboxylic acids is 1. The molecule has 22 unspecified atom stereocenters. The fourth-order valence-electron chi connectivity index (χ4n) is 16.5.